The Hall–Kier alpha value is -2.76. The molecule has 0 spiro atoms. The van der Waals surface area contributed by atoms with Crippen molar-refractivity contribution in [3.63, 3.8) is 0 Å². The van der Waals surface area contributed by atoms with Crippen LogP contribution in [0.15, 0.2) is 18.5 Å². The fraction of sp³-hybridized carbons (Fsp3) is 0.381. The smallest absolute Gasteiger partial charge is 0.255 e. The Bertz CT molecular complexity index is 1120. The molecule has 0 amide bonds. The van der Waals surface area contributed by atoms with Crippen molar-refractivity contribution in [3.8, 4) is 23.0 Å². The van der Waals surface area contributed by atoms with Gasteiger partial charge in [-0.2, -0.15) is 19.6 Å². The summed E-state index contributed by atoms with van der Waals surface area (Å²) in [5, 5.41) is 16.1. The van der Waals surface area contributed by atoms with Crippen LogP contribution in [0, 0.1) is 28.9 Å². The van der Waals surface area contributed by atoms with Crippen molar-refractivity contribution in [2.45, 2.75) is 40.2 Å². The van der Waals surface area contributed by atoms with Gasteiger partial charge < -0.3 is 10.4 Å². The zero-order valence-electron chi connectivity index (χ0n) is 17.1. The molecule has 2 N–H and O–H groups in total. The number of aromatic nitrogens is 4. The molecule has 158 valence electrons. The summed E-state index contributed by atoms with van der Waals surface area (Å²) in [6.45, 7) is 7.93. The summed E-state index contributed by atoms with van der Waals surface area (Å²) in [5.74, 6) is 4.11. The maximum Gasteiger partial charge on any atom is 0.255 e. The van der Waals surface area contributed by atoms with Crippen molar-refractivity contribution in [2.24, 2.45) is 5.41 Å². The van der Waals surface area contributed by atoms with Gasteiger partial charge in [0.25, 0.3) is 5.78 Å². The fourth-order valence-electron chi connectivity index (χ4n) is 2.70. The quantitative estimate of drug-likeness (QED) is 0.474. The lowest BCUT2D eigenvalue weighted by Gasteiger charge is -2.30. The van der Waals surface area contributed by atoms with Gasteiger partial charge in [0.1, 0.15) is 28.9 Å². The highest BCUT2D eigenvalue weighted by Crippen LogP contribution is 2.39. The summed E-state index contributed by atoms with van der Waals surface area (Å²) < 4.78 is 31.5. The van der Waals surface area contributed by atoms with Gasteiger partial charge in [0.15, 0.2) is 0 Å². The summed E-state index contributed by atoms with van der Waals surface area (Å²) in [7, 11) is 0. The molecule has 6 nitrogen and oxygen atoms in total. The van der Waals surface area contributed by atoms with Gasteiger partial charge >= 0.3 is 0 Å². The molecular weight excluding hydrogens is 412 g/mol. The van der Waals surface area contributed by atoms with Crippen molar-refractivity contribution in [3.05, 3.63) is 40.8 Å². The number of aliphatic hydroxyl groups excluding tert-OH is 1. The van der Waals surface area contributed by atoms with Crippen molar-refractivity contribution < 1.29 is 13.9 Å². The van der Waals surface area contributed by atoms with Gasteiger partial charge in [-0.1, -0.05) is 44.2 Å². The molecule has 2 heterocycles. The van der Waals surface area contributed by atoms with Crippen LogP contribution in [-0.4, -0.2) is 37.3 Å². The summed E-state index contributed by atoms with van der Waals surface area (Å²) in [6, 6.07) is 2.15. The second kappa shape index (κ2) is 8.54. The van der Waals surface area contributed by atoms with Gasteiger partial charge in [0.2, 0.25) is 0 Å². The fourth-order valence-corrected chi connectivity index (χ4v) is 2.96. The number of nitrogens with one attached hydrogen (secondary N) is 1. The molecule has 0 aliphatic heterocycles. The third kappa shape index (κ3) is 4.37. The van der Waals surface area contributed by atoms with Gasteiger partial charge in [0, 0.05) is 18.0 Å². The Kier molecular flexibility index (Phi) is 6.25. The first-order valence-electron chi connectivity index (χ1n) is 9.38. The predicted molar refractivity (Wildman–Crippen MR) is 112 cm³/mol. The number of benzene rings is 1. The molecule has 3 rings (SSSR count). The van der Waals surface area contributed by atoms with E-state index in [0.717, 1.165) is 12.1 Å². The monoisotopic (exact) mass is 433 g/mol. The van der Waals surface area contributed by atoms with Gasteiger partial charge in [0.05, 0.1) is 17.7 Å². The van der Waals surface area contributed by atoms with E-state index in [2.05, 4.69) is 32.2 Å². The minimum absolute atomic E-state index is 0.0515. The van der Waals surface area contributed by atoms with Crippen molar-refractivity contribution >= 4 is 23.2 Å². The third-order valence-corrected chi connectivity index (χ3v) is 5.07. The molecule has 0 fully saturated rings. The maximum absolute atomic E-state index is 15.0. The average molecular weight is 434 g/mol. The lowest BCUT2D eigenvalue weighted by molar-refractivity contribution is 0.305. The highest BCUT2D eigenvalue weighted by molar-refractivity contribution is 6.33. The molecule has 0 unspecified atom stereocenters. The van der Waals surface area contributed by atoms with Gasteiger partial charge in [-0.05, 0) is 24.5 Å². The van der Waals surface area contributed by atoms with Crippen LogP contribution in [0.25, 0.3) is 16.9 Å². The van der Waals surface area contributed by atoms with Crippen LogP contribution < -0.4 is 5.32 Å². The van der Waals surface area contributed by atoms with E-state index in [-0.39, 0.29) is 52.1 Å². The predicted octanol–water partition coefficient (Wildman–Crippen LogP) is 4.30. The summed E-state index contributed by atoms with van der Waals surface area (Å²) in [4.78, 5) is 8.17. The first-order chi connectivity index (χ1) is 14.1. The normalized spacial score (nSPS) is 12.5. The van der Waals surface area contributed by atoms with Crippen LogP contribution in [0.4, 0.5) is 14.6 Å². The van der Waals surface area contributed by atoms with Crippen LogP contribution in [0.3, 0.4) is 0 Å². The van der Waals surface area contributed by atoms with Gasteiger partial charge in [-0.15, -0.1) is 0 Å². The summed E-state index contributed by atoms with van der Waals surface area (Å²) in [5.41, 5.74) is -0.286. The SMILES string of the molecule is C[C@@H](Nc1c(-c2c(F)cc(C#CCCO)cc2F)c(Cl)nc2ncnn12)C(C)(C)C. The van der Waals surface area contributed by atoms with E-state index < -0.39 is 11.6 Å². The van der Waals surface area contributed by atoms with E-state index >= 15 is 8.78 Å². The van der Waals surface area contributed by atoms with Crippen molar-refractivity contribution in [2.75, 3.05) is 11.9 Å². The van der Waals surface area contributed by atoms with Crippen molar-refractivity contribution in [1.82, 2.24) is 19.6 Å². The number of hydrogen-bond donors (Lipinski definition) is 2. The molecule has 0 aliphatic rings. The second-order valence-corrected chi connectivity index (χ2v) is 8.28. The number of nitrogens with zero attached hydrogens (tertiary/aromatic N) is 4. The van der Waals surface area contributed by atoms with Gasteiger partial charge in [-0.25, -0.2) is 8.78 Å². The largest absolute Gasteiger partial charge is 0.395 e. The van der Waals surface area contributed by atoms with E-state index in [9.17, 15) is 0 Å². The summed E-state index contributed by atoms with van der Waals surface area (Å²) in [6.07, 6.45) is 1.50. The van der Waals surface area contributed by atoms with Crippen LogP contribution >= 0.6 is 11.6 Å². The Morgan fingerprint density at radius 2 is 1.90 bits per heavy atom. The summed E-state index contributed by atoms with van der Waals surface area (Å²) >= 11 is 6.36. The Balaban J connectivity index is 2.22. The number of hydrogen-bond acceptors (Lipinski definition) is 5. The topological polar surface area (TPSA) is 75.3 Å². The van der Waals surface area contributed by atoms with Crippen LogP contribution in [0.5, 0.6) is 0 Å². The van der Waals surface area contributed by atoms with Gasteiger partial charge in [-0.3, -0.25) is 0 Å². The second-order valence-electron chi connectivity index (χ2n) is 7.92. The zero-order valence-corrected chi connectivity index (χ0v) is 17.8. The molecule has 1 atom stereocenters. The van der Waals surface area contributed by atoms with E-state index in [1.165, 1.54) is 10.8 Å². The molecule has 0 aliphatic carbocycles. The number of anilines is 1. The minimum atomic E-state index is -0.835. The molecule has 0 saturated heterocycles. The Morgan fingerprint density at radius 1 is 1.23 bits per heavy atom. The average Bonchev–Trinajstić information content (AvgIpc) is 3.10. The zero-order chi connectivity index (χ0) is 22.1. The highest BCUT2D eigenvalue weighted by Gasteiger charge is 2.27. The first-order valence-corrected chi connectivity index (χ1v) is 9.76. The standard InChI is InChI=1S/C21H22ClF2N5O/c1-12(21(2,3)4)27-19-17(18(22)28-20-25-11-26-29(19)20)16-14(23)9-13(10-15(16)24)7-5-6-8-30/h9-12,27,30H,6,8H2,1-4H3/t12-/m1/s1. The van der Waals surface area contributed by atoms with Crippen molar-refractivity contribution in [1.29, 1.82) is 0 Å². The minimum Gasteiger partial charge on any atom is -0.395 e. The van der Waals surface area contributed by atoms with E-state index in [1.807, 2.05) is 27.7 Å². The van der Waals surface area contributed by atoms with Crippen LogP contribution in [0.2, 0.25) is 5.15 Å². The molecule has 0 radical (unpaired) electrons. The molecule has 1 aromatic carbocycles. The number of aliphatic hydroxyl groups is 1. The Labute approximate surface area is 178 Å². The number of halogens is 3. The van der Waals surface area contributed by atoms with E-state index in [1.54, 1.807) is 0 Å². The molecular formula is C21H22ClF2N5O. The Morgan fingerprint density at radius 3 is 2.50 bits per heavy atom. The molecule has 2 aromatic heterocycles. The molecule has 0 bridgehead atoms. The lowest BCUT2D eigenvalue weighted by Crippen LogP contribution is -2.32. The van der Waals surface area contributed by atoms with E-state index in [0.29, 0.717) is 5.82 Å². The molecule has 30 heavy (non-hydrogen) atoms. The number of fused-ring (bicyclic) bond motifs is 1. The third-order valence-electron chi connectivity index (χ3n) is 4.80. The maximum atomic E-state index is 15.0. The first kappa shape index (κ1) is 21.9. The van der Waals surface area contributed by atoms with Crippen LogP contribution in [-0.2, 0) is 0 Å². The van der Waals surface area contributed by atoms with Crippen LogP contribution in [0.1, 0.15) is 39.7 Å². The number of rotatable bonds is 4. The van der Waals surface area contributed by atoms with E-state index in [4.69, 9.17) is 16.7 Å². The molecule has 0 saturated carbocycles. The molecule has 3 aromatic rings. The lowest BCUT2D eigenvalue weighted by atomic mass is 9.88. The highest BCUT2D eigenvalue weighted by atomic mass is 35.5. The molecule has 9 heteroatoms.